The number of nitrogens with one attached hydrogen (secondary N) is 1. The highest BCUT2D eigenvalue weighted by Crippen LogP contribution is 2.39. The summed E-state index contributed by atoms with van der Waals surface area (Å²) >= 11 is 0. The zero-order chi connectivity index (χ0) is 18.2. The molecule has 0 unspecified atom stereocenters. The molecule has 25 heavy (non-hydrogen) atoms. The van der Waals surface area contributed by atoms with E-state index in [0.717, 1.165) is 16.8 Å². The van der Waals surface area contributed by atoms with Crippen molar-refractivity contribution in [1.82, 2.24) is 0 Å². The molecule has 0 aliphatic heterocycles. The molecule has 0 spiro atoms. The average molecular weight is 342 g/mol. The Morgan fingerprint density at radius 3 is 2.12 bits per heavy atom. The molecule has 0 aliphatic carbocycles. The predicted molar refractivity (Wildman–Crippen MR) is 98.1 cm³/mol. The molecule has 2 rings (SSSR count). The van der Waals surface area contributed by atoms with Crippen LogP contribution >= 0.6 is 0 Å². The lowest BCUT2D eigenvalue weighted by molar-refractivity contribution is -0.113. The molecule has 0 aromatic heterocycles. The van der Waals surface area contributed by atoms with Gasteiger partial charge < -0.3 is 25.3 Å². The molecule has 2 aromatic rings. The van der Waals surface area contributed by atoms with Gasteiger partial charge in [-0.15, -0.1) is 0 Å². The summed E-state index contributed by atoms with van der Waals surface area (Å²) in [5.74, 6) is 1.28. The van der Waals surface area contributed by atoms with Crippen molar-refractivity contribution < 1.29 is 19.0 Å². The zero-order valence-corrected chi connectivity index (χ0v) is 14.5. The fourth-order valence-corrected chi connectivity index (χ4v) is 2.31. The Morgan fingerprint density at radius 2 is 1.64 bits per heavy atom. The van der Waals surface area contributed by atoms with E-state index in [9.17, 15) is 4.79 Å². The largest absolute Gasteiger partial charge is 0.493 e. The van der Waals surface area contributed by atoms with E-state index in [0.29, 0.717) is 23.8 Å². The molecule has 6 nitrogen and oxygen atoms in total. The standard InChI is InChI=1S/C19H22N2O4/c1-23-16-10-15(11-17(24-2)19(16)25-3)21-12-14-6-4-13(5-7-14)8-9-18(20)22/h4-11,21H,12H2,1-3H3,(H2,20,22)/b9-8+. The fraction of sp³-hybridized carbons (Fsp3) is 0.211. The molecule has 0 bridgehead atoms. The van der Waals surface area contributed by atoms with E-state index >= 15 is 0 Å². The van der Waals surface area contributed by atoms with Gasteiger partial charge in [-0.25, -0.2) is 0 Å². The summed E-state index contributed by atoms with van der Waals surface area (Å²) in [5, 5.41) is 3.32. The van der Waals surface area contributed by atoms with Gasteiger partial charge in [0.15, 0.2) is 11.5 Å². The summed E-state index contributed by atoms with van der Waals surface area (Å²) < 4.78 is 16.0. The van der Waals surface area contributed by atoms with Gasteiger partial charge in [0.2, 0.25) is 11.7 Å². The van der Waals surface area contributed by atoms with Crippen LogP contribution in [0.15, 0.2) is 42.5 Å². The molecule has 0 saturated carbocycles. The van der Waals surface area contributed by atoms with Gasteiger partial charge in [-0.2, -0.15) is 0 Å². The van der Waals surface area contributed by atoms with E-state index in [4.69, 9.17) is 19.9 Å². The second kappa shape index (κ2) is 8.63. The summed E-state index contributed by atoms with van der Waals surface area (Å²) in [6.07, 6.45) is 3.02. The Balaban J connectivity index is 2.09. The van der Waals surface area contributed by atoms with E-state index in [1.165, 1.54) is 6.08 Å². The number of amides is 1. The van der Waals surface area contributed by atoms with E-state index in [1.54, 1.807) is 27.4 Å². The number of carbonyl (C=O) groups excluding carboxylic acids is 1. The maximum atomic E-state index is 10.7. The van der Waals surface area contributed by atoms with Crippen LogP contribution in [-0.2, 0) is 11.3 Å². The lowest BCUT2D eigenvalue weighted by Gasteiger charge is -2.15. The Kier molecular flexibility index (Phi) is 6.28. The first-order chi connectivity index (χ1) is 12.1. The molecule has 0 atom stereocenters. The summed E-state index contributed by atoms with van der Waals surface area (Å²) in [5.41, 5.74) is 7.94. The van der Waals surface area contributed by atoms with Crippen molar-refractivity contribution in [2.45, 2.75) is 6.54 Å². The zero-order valence-electron chi connectivity index (χ0n) is 14.5. The van der Waals surface area contributed by atoms with Crippen LogP contribution in [0.1, 0.15) is 11.1 Å². The lowest BCUT2D eigenvalue weighted by atomic mass is 10.1. The van der Waals surface area contributed by atoms with Gasteiger partial charge in [0.25, 0.3) is 0 Å². The van der Waals surface area contributed by atoms with Crippen LogP contribution in [-0.4, -0.2) is 27.2 Å². The van der Waals surface area contributed by atoms with Gasteiger partial charge in [0, 0.05) is 30.4 Å². The molecule has 6 heteroatoms. The number of benzene rings is 2. The summed E-state index contributed by atoms with van der Waals surface area (Å²) in [7, 11) is 4.74. The average Bonchev–Trinajstić information content (AvgIpc) is 2.64. The van der Waals surface area contributed by atoms with Gasteiger partial charge in [-0.1, -0.05) is 24.3 Å². The van der Waals surface area contributed by atoms with Crippen LogP contribution in [0.4, 0.5) is 5.69 Å². The molecule has 1 amide bonds. The van der Waals surface area contributed by atoms with Crippen LogP contribution in [0, 0.1) is 0 Å². The molecule has 132 valence electrons. The number of hydrogen-bond acceptors (Lipinski definition) is 5. The topological polar surface area (TPSA) is 82.8 Å². The Hall–Kier alpha value is -3.15. The third-order valence-corrected chi connectivity index (χ3v) is 3.58. The van der Waals surface area contributed by atoms with Crippen molar-refractivity contribution in [1.29, 1.82) is 0 Å². The van der Waals surface area contributed by atoms with Crippen LogP contribution in [0.2, 0.25) is 0 Å². The van der Waals surface area contributed by atoms with E-state index in [1.807, 2.05) is 36.4 Å². The van der Waals surface area contributed by atoms with E-state index < -0.39 is 5.91 Å². The highest BCUT2D eigenvalue weighted by Gasteiger charge is 2.12. The third kappa shape index (κ3) is 4.91. The fourth-order valence-electron chi connectivity index (χ4n) is 2.31. The van der Waals surface area contributed by atoms with Crippen molar-refractivity contribution in [2.24, 2.45) is 5.73 Å². The monoisotopic (exact) mass is 342 g/mol. The summed E-state index contributed by atoms with van der Waals surface area (Å²) in [6, 6.07) is 11.5. The van der Waals surface area contributed by atoms with Crippen LogP contribution in [0.25, 0.3) is 6.08 Å². The highest BCUT2D eigenvalue weighted by molar-refractivity contribution is 5.90. The summed E-state index contributed by atoms with van der Waals surface area (Å²) in [6.45, 7) is 0.623. The van der Waals surface area contributed by atoms with Gasteiger partial charge >= 0.3 is 0 Å². The SMILES string of the molecule is COc1cc(NCc2ccc(/C=C/C(N)=O)cc2)cc(OC)c1OC. The highest BCUT2D eigenvalue weighted by atomic mass is 16.5. The van der Waals surface area contributed by atoms with Crippen LogP contribution < -0.4 is 25.3 Å². The molecule has 0 radical (unpaired) electrons. The third-order valence-electron chi connectivity index (χ3n) is 3.58. The lowest BCUT2D eigenvalue weighted by Crippen LogP contribution is -2.05. The van der Waals surface area contributed by atoms with Gasteiger partial charge in [-0.05, 0) is 17.2 Å². The molecule has 2 aromatic carbocycles. The molecule has 3 N–H and O–H groups in total. The van der Waals surface area contributed by atoms with Crippen molar-refractivity contribution in [3.63, 3.8) is 0 Å². The molecular formula is C19H22N2O4. The Labute approximate surface area is 147 Å². The number of nitrogens with two attached hydrogens (primary N) is 1. The quantitative estimate of drug-likeness (QED) is 0.721. The van der Waals surface area contributed by atoms with E-state index in [-0.39, 0.29) is 0 Å². The first kappa shape index (κ1) is 18.2. The predicted octanol–water partition coefficient (Wildman–Crippen LogP) is 2.82. The van der Waals surface area contributed by atoms with Gasteiger partial charge in [-0.3, -0.25) is 4.79 Å². The van der Waals surface area contributed by atoms with Crippen LogP contribution in [0.3, 0.4) is 0 Å². The molecular weight excluding hydrogens is 320 g/mol. The summed E-state index contributed by atoms with van der Waals surface area (Å²) in [4.78, 5) is 10.7. The number of methoxy groups -OCH3 is 3. The number of ether oxygens (including phenoxy) is 3. The maximum Gasteiger partial charge on any atom is 0.241 e. The Morgan fingerprint density at radius 1 is 1.04 bits per heavy atom. The normalized spacial score (nSPS) is 10.5. The number of primary amides is 1. The first-order valence-electron chi connectivity index (χ1n) is 7.67. The molecule has 0 aliphatic rings. The second-order valence-corrected chi connectivity index (χ2v) is 5.24. The maximum absolute atomic E-state index is 10.7. The van der Waals surface area contributed by atoms with Crippen molar-refractivity contribution in [3.05, 3.63) is 53.6 Å². The number of rotatable bonds is 8. The molecule has 0 fully saturated rings. The van der Waals surface area contributed by atoms with Crippen molar-refractivity contribution in [3.8, 4) is 17.2 Å². The minimum Gasteiger partial charge on any atom is -0.493 e. The molecule has 0 heterocycles. The molecule has 0 saturated heterocycles. The second-order valence-electron chi connectivity index (χ2n) is 5.24. The number of carbonyl (C=O) groups is 1. The van der Waals surface area contributed by atoms with Gasteiger partial charge in [0.05, 0.1) is 21.3 Å². The minimum absolute atomic E-state index is 0.465. The smallest absolute Gasteiger partial charge is 0.241 e. The minimum atomic E-state index is -0.465. The first-order valence-corrected chi connectivity index (χ1v) is 7.67. The number of hydrogen-bond donors (Lipinski definition) is 2. The van der Waals surface area contributed by atoms with Crippen molar-refractivity contribution in [2.75, 3.05) is 26.6 Å². The van der Waals surface area contributed by atoms with Crippen molar-refractivity contribution >= 4 is 17.7 Å². The van der Waals surface area contributed by atoms with E-state index in [2.05, 4.69) is 5.32 Å². The van der Waals surface area contributed by atoms with Crippen LogP contribution in [0.5, 0.6) is 17.2 Å². The Bertz CT molecular complexity index is 730. The number of anilines is 1. The van der Waals surface area contributed by atoms with Gasteiger partial charge in [0.1, 0.15) is 0 Å².